The van der Waals surface area contributed by atoms with Crippen LogP contribution < -0.4 is 4.74 Å². The van der Waals surface area contributed by atoms with Gasteiger partial charge in [-0.05, 0) is 42.7 Å². The SMILES string of the molecule is C=C/C(=C\N=CC(=C)C)Oc1cc(C(F)(F)F)ccc1CC. The number of halogens is 3. The summed E-state index contributed by atoms with van der Waals surface area (Å²) in [5.41, 5.74) is 0.658. The maximum atomic E-state index is 12.8. The third-order valence-corrected chi connectivity index (χ3v) is 2.70. The molecule has 0 aliphatic heterocycles. The van der Waals surface area contributed by atoms with E-state index in [2.05, 4.69) is 18.2 Å². The first-order valence-electron chi connectivity index (χ1n) is 6.67. The number of rotatable bonds is 6. The summed E-state index contributed by atoms with van der Waals surface area (Å²) in [6.07, 6.45) is 0.407. The quantitative estimate of drug-likeness (QED) is 0.396. The minimum atomic E-state index is -4.42. The first-order valence-corrected chi connectivity index (χ1v) is 6.67. The van der Waals surface area contributed by atoms with Gasteiger partial charge in [-0.1, -0.05) is 26.1 Å². The molecule has 0 saturated carbocycles. The van der Waals surface area contributed by atoms with E-state index in [4.69, 9.17) is 4.74 Å². The van der Waals surface area contributed by atoms with Crippen molar-refractivity contribution < 1.29 is 17.9 Å². The van der Waals surface area contributed by atoms with Crippen LogP contribution >= 0.6 is 0 Å². The van der Waals surface area contributed by atoms with Crippen molar-refractivity contribution in [1.82, 2.24) is 0 Å². The molecular formula is C17H18F3NO. The van der Waals surface area contributed by atoms with Crippen LogP contribution in [0.3, 0.4) is 0 Å². The summed E-state index contributed by atoms with van der Waals surface area (Å²) < 4.78 is 43.9. The van der Waals surface area contributed by atoms with E-state index in [1.165, 1.54) is 24.6 Å². The zero-order valence-corrected chi connectivity index (χ0v) is 12.6. The fourth-order valence-corrected chi connectivity index (χ4v) is 1.60. The van der Waals surface area contributed by atoms with Gasteiger partial charge in [0.1, 0.15) is 11.5 Å². The van der Waals surface area contributed by atoms with Gasteiger partial charge >= 0.3 is 6.18 Å². The van der Waals surface area contributed by atoms with Gasteiger partial charge in [0.25, 0.3) is 0 Å². The maximum Gasteiger partial charge on any atom is 0.416 e. The van der Waals surface area contributed by atoms with E-state index in [9.17, 15) is 13.2 Å². The van der Waals surface area contributed by atoms with Crippen LogP contribution in [0, 0.1) is 0 Å². The predicted octanol–water partition coefficient (Wildman–Crippen LogP) is 5.32. The Balaban J connectivity index is 3.13. The molecule has 1 aromatic carbocycles. The Morgan fingerprint density at radius 2 is 2.05 bits per heavy atom. The fraction of sp³-hybridized carbons (Fsp3) is 0.235. The number of ether oxygens (including phenoxy) is 1. The van der Waals surface area contributed by atoms with Gasteiger partial charge in [0.15, 0.2) is 0 Å². The van der Waals surface area contributed by atoms with E-state index in [-0.39, 0.29) is 11.5 Å². The van der Waals surface area contributed by atoms with Crippen LogP contribution in [-0.2, 0) is 12.6 Å². The molecule has 2 nitrogen and oxygen atoms in total. The molecule has 0 N–H and O–H groups in total. The molecule has 0 saturated heterocycles. The summed E-state index contributed by atoms with van der Waals surface area (Å²) in [4.78, 5) is 3.96. The molecule has 0 spiro atoms. The minimum absolute atomic E-state index is 0.147. The maximum absolute atomic E-state index is 12.8. The average molecular weight is 309 g/mol. The van der Waals surface area contributed by atoms with Crippen molar-refractivity contribution in [3.8, 4) is 5.75 Å². The molecule has 0 aliphatic rings. The third kappa shape index (κ3) is 5.24. The van der Waals surface area contributed by atoms with Crippen molar-refractivity contribution in [3.63, 3.8) is 0 Å². The number of allylic oxidation sites excluding steroid dienone is 2. The molecule has 0 unspecified atom stereocenters. The summed E-state index contributed by atoms with van der Waals surface area (Å²) in [5.74, 6) is 0.403. The van der Waals surface area contributed by atoms with Crippen LogP contribution in [0.15, 0.2) is 60.0 Å². The van der Waals surface area contributed by atoms with Crippen LogP contribution in [0.5, 0.6) is 5.75 Å². The summed E-state index contributed by atoms with van der Waals surface area (Å²) >= 11 is 0. The fourth-order valence-electron chi connectivity index (χ4n) is 1.60. The Labute approximate surface area is 128 Å². The van der Waals surface area contributed by atoms with Gasteiger partial charge in [-0.15, -0.1) is 0 Å². The van der Waals surface area contributed by atoms with Crippen molar-refractivity contribution in [1.29, 1.82) is 0 Å². The van der Waals surface area contributed by atoms with Crippen LogP contribution in [0.25, 0.3) is 0 Å². The summed E-state index contributed by atoms with van der Waals surface area (Å²) in [7, 11) is 0. The zero-order valence-electron chi connectivity index (χ0n) is 12.6. The minimum Gasteiger partial charge on any atom is -0.455 e. The van der Waals surface area contributed by atoms with E-state index in [1.807, 2.05) is 6.92 Å². The number of benzene rings is 1. The number of aryl methyl sites for hydroxylation is 1. The van der Waals surface area contributed by atoms with Gasteiger partial charge in [-0.25, -0.2) is 0 Å². The predicted molar refractivity (Wildman–Crippen MR) is 83.0 cm³/mol. The molecule has 0 aromatic heterocycles. The smallest absolute Gasteiger partial charge is 0.416 e. The Kier molecular flexibility index (Phi) is 6.16. The molecule has 0 atom stereocenters. The topological polar surface area (TPSA) is 21.6 Å². The Morgan fingerprint density at radius 3 is 2.55 bits per heavy atom. The van der Waals surface area contributed by atoms with E-state index in [1.54, 1.807) is 6.92 Å². The molecule has 1 aromatic rings. The van der Waals surface area contributed by atoms with E-state index >= 15 is 0 Å². The molecule has 118 valence electrons. The zero-order chi connectivity index (χ0) is 16.8. The highest BCUT2D eigenvalue weighted by atomic mass is 19.4. The van der Waals surface area contributed by atoms with Gasteiger partial charge in [0.05, 0.1) is 11.8 Å². The molecule has 0 bridgehead atoms. The Hall–Kier alpha value is -2.30. The van der Waals surface area contributed by atoms with Crippen LogP contribution in [0.2, 0.25) is 0 Å². The van der Waals surface area contributed by atoms with Gasteiger partial charge < -0.3 is 4.74 Å². The van der Waals surface area contributed by atoms with Crippen LogP contribution in [0.4, 0.5) is 13.2 Å². The number of hydrogen-bond acceptors (Lipinski definition) is 2. The van der Waals surface area contributed by atoms with E-state index < -0.39 is 11.7 Å². The molecule has 0 radical (unpaired) electrons. The molecular weight excluding hydrogens is 291 g/mol. The standard InChI is InChI=1S/C17H18F3NO/c1-5-13-7-8-14(17(18,19)20)9-16(13)22-15(6-2)11-21-10-12(3)4/h6-11H,2-3,5H2,1,4H3/b15-11+,21-10?. The molecule has 5 heteroatoms. The highest BCUT2D eigenvalue weighted by Crippen LogP contribution is 2.34. The number of nitrogens with zero attached hydrogens (tertiary/aromatic N) is 1. The first kappa shape index (κ1) is 17.8. The summed E-state index contributed by atoms with van der Waals surface area (Å²) in [5, 5.41) is 0. The van der Waals surface area contributed by atoms with E-state index in [0.29, 0.717) is 12.0 Å². The van der Waals surface area contributed by atoms with Crippen molar-refractivity contribution in [3.05, 3.63) is 66.1 Å². The van der Waals surface area contributed by atoms with Gasteiger partial charge in [0, 0.05) is 6.21 Å². The summed E-state index contributed by atoms with van der Waals surface area (Å²) in [6, 6.07) is 3.44. The number of aliphatic imine (C=N–C) groups is 1. The number of alkyl halides is 3. The number of hydrogen-bond donors (Lipinski definition) is 0. The molecule has 0 heterocycles. The van der Waals surface area contributed by atoms with Crippen molar-refractivity contribution in [2.24, 2.45) is 4.99 Å². The lowest BCUT2D eigenvalue weighted by Gasteiger charge is -2.13. The molecule has 0 amide bonds. The Bertz CT molecular complexity index is 613. The molecule has 1 rings (SSSR count). The molecule has 22 heavy (non-hydrogen) atoms. The van der Waals surface area contributed by atoms with E-state index in [0.717, 1.165) is 17.7 Å². The van der Waals surface area contributed by atoms with Crippen LogP contribution in [0.1, 0.15) is 25.0 Å². The molecule has 0 aliphatic carbocycles. The van der Waals surface area contributed by atoms with Gasteiger partial charge in [-0.2, -0.15) is 13.2 Å². The van der Waals surface area contributed by atoms with Crippen molar-refractivity contribution in [2.75, 3.05) is 0 Å². The van der Waals surface area contributed by atoms with Gasteiger partial charge in [-0.3, -0.25) is 4.99 Å². The highest BCUT2D eigenvalue weighted by Gasteiger charge is 2.31. The second-order valence-corrected chi connectivity index (χ2v) is 4.64. The second kappa shape index (κ2) is 7.64. The average Bonchev–Trinajstić information content (AvgIpc) is 2.44. The lowest BCUT2D eigenvalue weighted by molar-refractivity contribution is -0.137. The normalized spacial score (nSPS) is 12.5. The van der Waals surface area contributed by atoms with Crippen LogP contribution in [-0.4, -0.2) is 6.21 Å². The molecule has 0 fully saturated rings. The second-order valence-electron chi connectivity index (χ2n) is 4.64. The van der Waals surface area contributed by atoms with Gasteiger partial charge in [0.2, 0.25) is 0 Å². The lowest BCUT2D eigenvalue weighted by Crippen LogP contribution is -2.06. The van der Waals surface area contributed by atoms with Crippen molar-refractivity contribution >= 4 is 6.21 Å². The monoisotopic (exact) mass is 309 g/mol. The summed E-state index contributed by atoms with van der Waals surface area (Å²) in [6.45, 7) is 10.8. The Morgan fingerprint density at radius 1 is 1.36 bits per heavy atom. The first-order chi connectivity index (χ1) is 10.3. The van der Waals surface area contributed by atoms with Crippen molar-refractivity contribution in [2.45, 2.75) is 26.4 Å². The largest absolute Gasteiger partial charge is 0.455 e. The highest BCUT2D eigenvalue weighted by molar-refractivity contribution is 5.77. The third-order valence-electron chi connectivity index (χ3n) is 2.70. The lowest BCUT2D eigenvalue weighted by atomic mass is 10.1.